The molecule has 0 bridgehead atoms. The Labute approximate surface area is 167 Å². The quantitative estimate of drug-likeness (QED) is 0.631. The highest BCUT2D eigenvalue weighted by molar-refractivity contribution is 5.48. The zero-order chi connectivity index (χ0) is 19.0. The highest BCUT2D eigenvalue weighted by Gasteiger charge is 2.15. The van der Waals surface area contributed by atoms with Gasteiger partial charge in [0.05, 0.1) is 6.54 Å². The normalized spacial score (nSPS) is 16.0. The van der Waals surface area contributed by atoms with Gasteiger partial charge >= 0.3 is 0 Å². The van der Waals surface area contributed by atoms with Crippen LogP contribution in [0.2, 0.25) is 0 Å². The third-order valence-electron chi connectivity index (χ3n) is 5.27. The van der Waals surface area contributed by atoms with Crippen LogP contribution in [0.3, 0.4) is 0 Å². The van der Waals surface area contributed by atoms with Crippen molar-refractivity contribution in [1.29, 1.82) is 0 Å². The lowest BCUT2D eigenvalue weighted by Crippen LogP contribution is -2.45. The molecular formula is C24H28N4. The molecule has 28 heavy (non-hydrogen) atoms. The zero-order valence-electron chi connectivity index (χ0n) is 16.3. The van der Waals surface area contributed by atoms with E-state index >= 15 is 0 Å². The van der Waals surface area contributed by atoms with E-state index in [1.165, 1.54) is 16.7 Å². The third kappa shape index (κ3) is 5.41. The summed E-state index contributed by atoms with van der Waals surface area (Å²) in [6, 6.07) is 21.5. The lowest BCUT2D eigenvalue weighted by molar-refractivity contribution is 0.137. The van der Waals surface area contributed by atoms with Crippen LogP contribution in [-0.2, 0) is 13.1 Å². The molecule has 1 fully saturated rings. The van der Waals surface area contributed by atoms with E-state index in [0.29, 0.717) is 0 Å². The molecule has 4 heteroatoms. The first kappa shape index (κ1) is 18.7. The summed E-state index contributed by atoms with van der Waals surface area (Å²) >= 11 is 0. The Hall–Kier alpha value is -2.69. The van der Waals surface area contributed by atoms with Crippen molar-refractivity contribution in [1.82, 2.24) is 19.6 Å². The molecule has 1 aliphatic heterocycles. The van der Waals surface area contributed by atoms with Crippen LogP contribution in [0.25, 0.3) is 6.08 Å². The summed E-state index contributed by atoms with van der Waals surface area (Å²) in [5.74, 6) is 0. The van der Waals surface area contributed by atoms with Crippen molar-refractivity contribution in [3.8, 4) is 0 Å². The van der Waals surface area contributed by atoms with Crippen LogP contribution in [0.4, 0.5) is 0 Å². The Morgan fingerprint density at radius 3 is 2.11 bits per heavy atom. The van der Waals surface area contributed by atoms with Crippen LogP contribution in [0.15, 0.2) is 79.1 Å². The van der Waals surface area contributed by atoms with Gasteiger partial charge in [-0.15, -0.1) is 0 Å². The molecule has 4 rings (SSSR count). The summed E-state index contributed by atoms with van der Waals surface area (Å²) in [6.45, 7) is 7.44. The first-order valence-corrected chi connectivity index (χ1v) is 10.1. The number of aromatic nitrogens is 2. The van der Waals surface area contributed by atoms with Crippen LogP contribution in [0.1, 0.15) is 16.7 Å². The molecule has 0 amide bonds. The molecule has 0 spiro atoms. The molecule has 0 unspecified atom stereocenters. The molecule has 4 nitrogen and oxygen atoms in total. The fourth-order valence-electron chi connectivity index (χ4n) is 3.62. The minimum atomic E-state index is 0.836. The Kier molecular flexibility index (Phi) is 6.32. The van der Waals surface area contributed by atoms with Gasteiger partial charge in [0.2, 0.25) is 0 Å². The van der Waals surface area contributed by atoms with Gasteiger partial charge in [-0.1, -0.05) is 66.7 Å². The second kappa shape index (κ2) is 9.49. The molecule has 0 radical (unpaired) electrons. The number of rotatable bonds is 7. The van der Waals surface area contributed by atoms with Gasteiger partial charge in [-0.25, -0.2) is 0 Å². The first-order chi connectivity index (χ1) is 13.8. The smallest absolute Gasteiger partial charge is 0.0659 e. The SMILES string of the molecule is C(=C\c1ccccc1)/CN1CCN(Cc2ccc(Cn3cccn3)cc2)CC1. The lowest BCUT2D eigenvalue weighted by atomic mass is 10.1. The minimum absolute atomic E-state index is 0.836. The number of hydrogen-bond acceptors (Lipinski definition) is 3. The van der Waals surface area contributed by atoms with E-state index in [1.807, 2.05) is 23.1 Å². The summed E-state index contributed by atoms with van der Waals surface area (Å²) in [7, 11) is 0. The molecule has 144 valence electrons. The van der Waals surface area contributed by atoms with Gasteiger partial charge in [-0.2, -0.15) is 5.10 Å². The molecule has 0 N–H and O–H groups in total. The molecule has 0 atom stereocenters. The summed E-state index contributed by atoms with van der Waals surface area (Å²) < 4.78 is 1.96. The van der Waals surface area contributed by atoms with Gasteiger partial charge in [-0.3, -0.25) is 14.5 Å². The molecule has 0 aliphatic carbocycles. The molecule has 1 saturated heterocycles. The average Bonchev–Trinajstić information content (AvgIpc) is 3.25. The molecule has 1 aliphatic rings. The maximum atomic E-state index is 4.27. The van der Waals surface area contributed by atoms with E-state index in [-0.39, 0.29) is 0 Å². The van der Waals surface area contributed by atoms with Gasteiger partial charge in [-0.05, 0) is 22.8 Å². The van der Waals surface area contributed by atoms with Gasteiger partial charge < -0.3 is 0 Å². The average molecular weight is 373 g/mol. The van der Waals surface area contributed by atoms with E-state index in [9.17, 15) is 0 Å². The maximum Gasteiger partial charge on any atom is 0.0659 e. The second-order valence-electron chi connectivity index (χ2n) is 7.41. The summed E-state index contributed by atoms with van der Waals surface area (Å²) in [5.41, 5.74) is 3.96. The van der Waals surface area contributed by atoms with E-state index in [0.717, 1.165) is 45.8 Å². The van der Waals surface area contributed by atoms with Crippen molar-refractivity contribution in [2.24, 2.45) is 0 Å². The number of benzene rings is 2. The van der Waals surface area contributed by atoms with Crippen LogP contribution in [0.5, 0.6) is 0 Å². The molecule has 3 aromatic rings. The van der Waals surface area contributed by atoms with Crippen molar-refractivity contribution in [2.75, 3.05) is 32.7 Å². The van der Waals surface area contributed by atoms with E-state index in [2.05, 4.69) is 81.6 Å². The number of hydrogen-bond donors (Lipinski definition) is 0. The Balaban J connectivity index is 1.20. The molecule has 2 heterocycles. The summed E-state index contributed by atoms with van der Waals surface area (Å²) in [5, 5.41) is 4.27. The molecular weight excluding hydrogens is 344 g/mol. The first-order valence-electron chi connectivity index (χ1n) is 10.1. The van der Waals surface area contributed by atoms with Gasteiger partial charge in [0.25, 0.3) is 0 Å². The maximum absolute atomic E-state index is 4.27. The molecule has 2 aromatic carbocycles. The Morgan fingerprint density at radius 2 is 1.43 bits per heavy atom. The van der Waals surface area contributed by atoms with Crippen LogP contribution in [-0.4, -0.2) is 52.3 Å². The van der Waals surface area contributed by atoms with E-state index < -0.39 is 0 Å². The largest absolute Gasteiger partial charge is 0.297 e. The highest BCUT2D eigenvalue weighted by atomic mass is 15.3. The second-order valence-corrected chi connectivity index (χ2v) is 7.41. The standard InChI is InChI=1S/C24H28N4/c1-2-6-22(7-3-1)8-4-14-26-16-18-27(19-17-26)20-23-9-11-24(12-10-23)21-28-15-5-13-25-28/h1-13,15H,14,16-21H2/b8-4+. The predicted molar refractivity (Wildman–Crippen MR) is 115 cm³/mol. The topological polar surface area (TPSA) is 24.3 Å². The highest BCUT2D eigenvalue weighted by Crippen LogP contribution is 2.11. The monoisotopic (exact) mass is 372 g/mol. The van der Waals surface area contributed by atoms with E-state index in [1.54, 1.807) is 0 Å². The molecule has 0 saturated carbocycles. The number of nitrogens with zero attached hydrogens (tertiary/aromatic N) is 4. The van der Waals surface area contributed by atoms with Crippen molar-refractivity contribution in [3.63, 3.8) is 0 Å². The van der Waals surface area contributed by atoms with Crippen molar-refractivity contribution in [2.45, 2.75) is 13.1 Å². The van der Waals surface area contributed by atoms with E-state index in [4.69, 9.17) is 0 Å². The summed E-state index contributed by atoms with van der Waals surface area (Å²) in [4.78, 5) is 5.09. The van der Waals surface area contributed by atoms with Crippen LogP contribution < -0.4 is 0 Å². The Morgan fingerprint density at radius 1 is 0.750 bits per heavy atom. The lowest BCUT2D eigenvalue weighted by Gasteiger charge is -2.34. The van der Waals surface area contributed by atoms with Crippen molar-refractivity contribution >= 4 is 6.08 Å². The van der Waals surface area contributed by atoms with Crippen molar-refractivity contribution in [3.05, 3.63) is 95.8 Å². The van der Waals surface area contributed by atoms with Crippen molar-refractivity contribution < 1.29 is 0 Å². The fourth-order valence-corrected chi connectivity index (χ4v) is 3.62. The van der Waals surface area contributed by atoms with Gasteiger partial charge in [0.15, 0.2) is 0 Å². The minimum Gasteiger partial charge on any atom is -0.297 e. The predicted octanol–water partition coefficient (Wildman–Crippen LogP) is 3.76. The van der Waals surface area contributed by atoms with Gasteiger partial charge in [0, 0.05) is 51.7 Å². The van der Waals surface area contributed by atoms with Gasteiger partial charge in [0.1, 0.15) is 0 Å². The Bertz CT molecular complexity index is 845. The summed E-state index contributed by atoms with van der Waals surface area (Å²) in [6.07, 6.45) is 8.33. The molecule has 1 aromatic heterocycles. The van der Waals surface area contributed by atoms with Crippen LogP contribution >= 0.6 is 0 Å². The zero-order valence-corrected chi connectivity index (χ0v) is 16.3. The fraction of sp³-hybridized carbons (Fsp3) is 0.292. The van der Waals surface area contributed by atoms with Crippen LogP contribution in [0, 0.1) is 0 Å². The number of piperazine rings is 1. The third-order valence-corrected chi connectivity index (χ3v) is 5.27.